The van der Waals surface area contributed by atoms with E-state index in [2.05, 4.69) is 10.2 Å². The fourth-order valence-electron chi connectivity index (χ4n) is 3.18. The van der Waals surface area contributed by atoms with Crippen molar-refractivity contribution in [2.24, 2.45) is 0 Å². The van der Waals surface area contributed by atoms with Crippen LogP contribution in [0.15, 0.2) is 54.6 Å². The van der Waals surface area contributed by atoms with Gasteiger partial charge in [0.1, 0.15) is 5.75 Å². The summed E-state index contributed by atoms with van der Waals surface area (Å²) in [7, 11) is 0. The maximum Gasteiger partial charge on any atom is 0.416 e. The lowest BCUT2D eigenvalue weighted by atomic mass is 10.1. The summed E-state index contributed by atoms with van der Waals surface area (Å²) in [6.45, 7) is 3.90. The molecular formula is C21H24F3N3O2. The fraction of sp³-hybridized carbons (Fsp3) is 0.381. The number of rotatable bonds is 7. The molecule has 1 N–H and O–H groups in total. The van der Waals surface area contributed by atoms with Crippen molar-refractivity contribution >= 4 is 11.6 Å². The first-order valence-corrected chi connectivity index (χ1v) is 9.51. The van der Waals surface area contributed by atoms with Crippen LogP contribution in [0.3, 0.4) is 0 Å². The highest BCUT2D eigenvalue weighted by Gasteiger charge is 2.31. The molecule has 0 radical (unpaired) electrons. The number of carbonyl (C=O) groups excluding carboxylic acids is 1. The first kappa shape index (κ1) is 21.0. The summed E-state index contributed by atoms with van der Waals surface area (Å²) in [6, 6.07) is 14.6. The van der Waals surface area contributed by atoms with Gasteiger partial charge in [0.15, 0.2) is 6.61 Å². The molecule has 0 saturated carbocycles. The van der Waals surface area contributed by atoms with Gasteiger partial charge in [-0.15, -0.1) is 0 Å². The second-order valence-corrected chi connectivity index (χ2v) is 6.83. The predicted octanol–water partition coefficient (Wildman–Crippen LogP) is 3.02. The number of benzene rings is 2. The number of para-hydroxylation sites is 1. The Bertz CT molecular complexity index is 791. The SMILES string of the molecule is O=C(COc1ccccc1)NCCN1CCN(c2cccc(C(F)(F)F)c2)CC1. The topological polar surface area (TPSA) is 44.8 Å². The van der Waals surface area contributed by atoms with Crippen LogP contribution in [0.5, 0.6) is 5.75 Å². The molecule has 1 aliphatic heterocycles. The Morgan fingerprint density at radius 3 is 2.41 bits per heavy atom. The summed E-state index contributed by atoms with van der Waals surface area (Å²) in [5.74, 6) is 0.463. The molecule has 1 fully saturated rings. The van der Waals surface area contributed by atoms with E-state index in [0.717, 1.165) is 19.2 Å². The zero-order chi connectivity index (χ0) is 20.7. The molecule has 3 rings (SSSR count). The van der Waals surface area contributed by atoms with Crippen molar-refractivity contribution in [1.82, 2.24) is 10.2 Å². The molecule has 0 atom stereocenters. The second-order valence-electron chi connectivity index (χ2n) is 6.83. The number of alkyl halides is 3. The molecule has 1 aliphatic rings. The van der Waals surface area contributed by atoms with Gasteiger partial charge in [-0.25, -0.2) is 0 Å². The van der Waals surface area contributed by atoms with Crippen LogP contribution in [0.2, 0.25) is 0 Å². The van der Waals surface area contributed by atoms with E-state index in [0.29, 0.717) is 37.6 Å². The number of hydrogen-bond acceptors (Lipinski definition) is 4. The van der Waals surface area contributed by atoms with E-state index in [1.54, 1.807) is 18.2 Å². The third-order valence-corrected chi connectivity index (χ3v) is 4.77. The lowest BCUT2D eigenvalue weighted by Gasteiger charge is -2.36. The monoisotopic (exact) mass is 407 g/mol. The van der Waals surface area contributed by atoms with E-state index in [4.69, 9.17) is 4.74 Å². The Balaban J connectivity index is 1.36. The number of nitrogens with one attached hydrogen (secondary N) is 1. The van der Waals surface area contributed by atoms with Crippen molar-refractivity contribution in [1.29, 1.82) is 0 Å². The van der Waals surface area contributed by atoms with E-state index in [-0.39, 0.29) is 12.5 Å². The molecule has 0 aromatic heterocycles. The average Bonchev–Trinajstić information content (AvgIpc) is 2.73. The first-order valence-electron chi connectivity index (χ1n) is 9.51. The summed E-state index contributed by atoms with van der Waals surface area (Å²) in [4.78, 5) is 16.0. The number of hydrogen-bond donors (Lipinski definition) is 1. The fourth-order valence-corrected chi connectivity index (χ4v) is 3.18. The van der Waals surface area contributed by atoms with Crippen molar-refractivity contribution in [2.45, 2.75) is 6.18 Å². The molecule has 0 spiro atoms. The molecule has 5 nitrogen and oxygen atoms in total. The summed E-state index contributed by atoms with van der Waals surface area (Å²) in [5, 5.41) is 2.82. The highest BCUT2D eigenvalue weighted by atomic mass is 19.4. The van der Waals surface area contributed by atoms with Gasteiger partial charge in [-0.05, 0) is 30.3 Å². The van der Waals surface area contributed by atoms with Crippen molar-refractivity contribution in [3.63, 3.8) is 0 Å². The standard InChI is InChI=1S/C21H24F3N3O2/c22-21(23,24)17-5-4-6-18(15-17)27-13-11-26(12-14-27)10-9-25-20(28)16-29-19-7-2-1-3-8-19/h1-8,15H,9-14,16H2,(H,25,28). The quantitative estimate of drug-likeness (QED) is 0.767. The van der Waals surface area contributed by atoms with Crippen LogP contribution in [0, 0.1) is 0 Å². The lowest BCUT2D eigenvalue weighted by Crippen LogP contribution is -2.48. The first-order chi connectivity index (χ1) is 13.9. The summed E-state index contributed by atoms with van der Waals surface area (Å²) in [6.07, 6.45) is -4.33. The minimum absolute atomic E-state index is 0.0344. The zero-order valence-electron chi connectivity index (χ0n) is 16.0. The van der Waals surface area contributed by atoms with Crippen LogP contribution in [0.1, 0.15) is 5.56 Å². The van der Waals surface area contributed by atoms with E-state index in [9.17, 15) is 18.0 Å². The van der Waals surface area contributed by atoms with Gasteiger partial charge in [0.2, 0.25) is 0 Å². The smallest absolute Gasteiger partial charge is 0.416 e. The molecule has 2 aromatic rings. The van der Waals surface area contributed by atoms with Crippen LogP contribution in [0.25, 0.3) is 0 Å². The number of piperazine rings is 1. The Hall–Kier alpha value is -2.74. The third kappa shape index (κ3) is 6.39. The van der Waals surface area contributed by atoms with Gasteiger partial charge >= 0.3 is 6.18 Å². The van der Waals surface area contributed by atoms with Crippen molar-refractivity contribution in [3.05, 3.63) is 60.2 Å². The maximum absolute atomic E-state index is 12.9. The van der Waals surface area contributed by atoms with Gasteiger partial charge < -0.3 is 15.0 Å². The predicted molar refractivity (Wildman–Crippen MR) is 105 cm³/mol. The summed E-state index contributed by atoms with van der Waals surface area (Å²) >= 11 is 0. The summed E-state index contributed by atoms with van der Waals surface area (Å²) < 4.78 is 44.0. The molecule has 29 heavy (non-hydrogen) atoms. The van der Waals surface area contributed by atoms with Crippen LogP contribution in [-0.2, 0) is 11.0 Å². The molecule has 156 valence electrons. The molecule has 1 saturated heterocycles. The highest BCUT2D eigenvalue weighted by Crippen LogP contribution is 2.31. The molecule has 1 heterocycles. The van der Waals surface area contributed by atoms with Crippen molar-refractivity contribution in [3.8, 4) is 5.75 Å². The molecule has 2 aromatic carbocycles. The van der Waals surface area contributed by atoms with E-state index < -0.39 is 11.7 Å². The number of nitrogens with zero attached hydrogens (tertiary/aromatic N) is 2. The van der Waals surface area contributed by atoms with Crippen LogP contribution < -0.4 is 15.0 Å². The Morgan fingerprint density at radius 2 is 1.72 bits per heavy atom. The van der Waals surface area contributed by atoms with Gasteiger partial charge in [-0.1, -0.05) is 24.3 Å². The van der Waals surface area contributed by atoms with Gasteiger partial charge in [0.25, 0.3) is 5.91 Å². The molecule has 8 heteroatoms. The Kier molecular flexibility index (Phi) is 6.98. The van der Waals surface area contributed by atoms with E-state index in [1.807, 2.05) is 23.1 Å². The van der Waals surface area contributed by atoms with Gasteiger partial charge in [-0.2, -0.15) is 13.2 Å². The van der Waals surface area contributed by atoms with E-state index >= 15 is 0 Å². The van der Waals surface area contributed by atoms with Crippen LogP contribution in [-0.4, -0.2) is 56.7 Å². The Labute approximate surface area is 168 Å². The molecule has 0 aliphatic carbocycles. The van der Waals surface area contributed by atoms with Crippen LogP contribution >= 0.6 is 0 Å². The second kappa shape index (κ2) is 9.65. The number of halogens is 3. The maximum atomic E-state index is 12.9. The summed E-state index contributed by atoms with van der Waals surface area (Å²) in [5.41, 5.74) is -0.0382. The molecule has 0 unspecified atom stereocenters. The molecular weight excluding hydrogens is 383 g/mol. The van der Waals surface area contributed by atoms with Crippen molar-refractivity contribution in [2.75, 3.05) is 50.8 Å². The zero-order valence-corrected chi connectivity index (χ0v) is 16.0. The number of carbonyl (C=O) groups is 1. The third-order valence-electron chi connectivity index (χ3n) is 4.77. The average molecular weight is 407 g/mol. The minimum atomic E-state index is -4.33. The van der Waals surface area contributed by atoms with Gasteiger partial charge in [-0.3, -0.25) is 9.69 Å². The highest BCUT2D eigenvalue weighted by molar-refractivity contribution is 5.77. The Morgan fingerprint density at radius 1 is 1.00 bits per heavy atom. The van der Waals surface area contributed by atoms with E-state index in [1.165, 1.54) is 12.1 Å². The number of ether oxygens (including phenoxy) is 1. The normalized spacial score (nSPS) is 15.2. The van der Waals surface area contributed by atoms with Crippen LogP contribution in [0.4, 0.5) is 18.9 Å². The van der Waals surface area contributed by atoms with Gasteiger partial charge in [0, 0.05) is 45.0 Å². The number of amides is 1. The molecule has 1 amide bonds. The lowest BCUT2D eigenvalue weighted by molar-refractivity contribution is -0.137. The van der Waals surface area contributed by atoms with Gasteiger partial charge in [0.05, 0.1) is 5.56 Å². The number of anilines is 1. The largest absolute Gasteiger partial charge is 0.484 e. The molecule has 0 bridgehead atoms. The van der Waals surface area contributed by atoms with Crippen molar-refractivity contribution < 1.29 is 22.7 Å². The minimum Gasteiger partial charge on any atom is -0.484 e.